The normalized spacial score (nSPS) is 25.6. The van der Waals surface area contributed by atoms with Crippen LogP contribution >= 0.6 is 0 Å². The molecule has 14 heavy (non-hydrogen) atoms. The van der Waals surface area contributed by atoms with Crippen LogP contribution in [0.1, 0.15) is 18.9 Å². The molecule has 0 saturated carbocycles. The molecule has 0 amide bonds. The Morgan fingerprint density at radius 1 is 1.36 bits per heavy atom. The Morgan fingerprint density at radius 3 is 3.07 bits per heavy atom. The van der Waals surface area contributed by atoms with Gasteiger partial charge in [-0.3, -0.25) is 0 Å². The van der Waals surface area contributed by atoms with Crippen LogP contribution in [-0.2, 0) is 12.1 Å². The lowest BCUT2D eigenvalue weighted by atomic mass is 9.89. The molecule has 0 bridgehead atoms. The van der Waals surface area contributed by atoms with E-state index in [2.05, 4.69) is 22.9 Å². The third-order valence-corrected chi connectivity index (χ3v) is 3.21. The molecule has 1 unspecified atom stereocenters. The van der Waals surface area contributed by atoms with Crippen molar-refractivity contribution in [2.75, 3.05) is 0 Å². The molecule has 1 aliphatic rings. The maximum absolute atomic E-state index is 10.2. The first kappa shape index (κ1) is 8.06. The summed E-state index contributed by atoms with van der Waals surface area (Å²) in [6.45, 7) is 2.81. The van der Waals surface area contributed by atoms with Gasteiger partial charge in [0.05, 0.1) is 11.1 Å². The minimum absolute atomic E-state index is 0.659. The van der Waals surface area contributed by atoms with Gasteiger partial charge in [-0.2, -0.15) is 0 Å². The third-order valence-electron chi connectivity index (χ3n) is 3.21. The van der Waals surface area contributed by atoms with Gasteiger partial charge in [-0.1, -0.05) is 18.2 Å². The van der Waals surface area contributed by atoms with E-state index in [4.69, 9.17) is 0 Å². The quantitative estimate of drug-likeness (QED) is 0.672. The Balaban J connectivity index is 2.46. The number of benzene rings is 1. The zero-order chi connectivity index (χ0) is 9.76. The van der Waals surface area contributed by atoms with E-state index in [9.17, 15) is 5.11 Å². The molecule has 72 valence electrons. The van der Waals surface area contributed by atoms with E-state index in [1.807, 2.05) is 19.1 Å². The van der Waals surface area contributed by atoms with Crippen LogP contribution in [0.25, 0.3) is 10.9 Å². The second kappa shape index (κ2) is 2.39. The van der Waals surface area contributed by atoms with E-state index in [1.54, 1.807) is 0 Å². The summed E-state index contributed by atoms with van der Waals surface area (Å²) in [5.74, 6) is 0. The van der Waals surface area contributed by atoms with Crippen molar-refractivity contribution < 1.29 is 5.11 Å². The fraction of sp³-hybridized carbons (Fsp3) is 0.333. The van der Waals surface area contributed by atoms with E-state index in [-0.39, 0.29) is 0 Å². The minimum atomic E-state index is -0.659. The number of rotatable bonds is 0. The minimum Gasteiger partial charge on any atom is -0.385 e. The maximum atomic E-state index is 10.2. The molecule has 2 heterocycles. The van der Waals surface area contributed by atoms with Gasteiger partial charge in [-0.25, -0.2) is 0 Å². The van der Waals surface area contributed by atoms with E-state index in [1.165, 1.54) is 10.9 Å². The highest BCUT2D eigenvalue weighted by atomic mass is 16.3. The molecule has 1 aromatic heterocycles. The highest BCUT2D eigenvalue weighted by Gasteiger charge is 2.29. The van der Waals surface area contributed by atoms with Crippen LogP contribution in [0.2, 0.25) is 0 Å². The first-order valence-corrected chi connectivity index (χ1v) is 4.99. The standard InChI is InChI=1S/C12H13NO/c1-12(14)6-8-13-7-5-9-3-2-4-10(12)11(9)13/h2-5,7,14H,6,8H2,1H3. The number of aromatic nitrogens is 1. The molecule has 1 atom stereocenters. The number of hydrogen-bond donors (Lipinski definition) is 1. The van der Waals surface area contributed by atoms with Gasteiger partial charge in [0.15, 0.2) is 0 Å². The number of nitrogens with zero attached hydrogens (tertiary/aromatic N) is 1. The van der Waals surface area contributed by atoms with Gasteiger partial charge < -0.3 is 9.67 Å². The second-order valence-corrected chi connectivity index (χ2v) is 4.28. The number of aliphatic hydroxyl groups is 1. The SMILES string of the molecule is CC1(O)CCn2ccc3cccc1c32. The first-order valence-electron chi connectivity index (χ1n) is 4.99. The lowest BCUT2D eigenvalue weighted by molar-refractivity contribution is 0.0398. The predicted octanol–water partition coefficient (Wildman–Crippen LogP) is 2.25. The molecule has 1 aromatic carbocycles. The molecule has 0 saturated heterocycles. The van der Waals surface area contributed by atoms with Gasteiger partial charge in [-0.05, 0) is 24.8 Å². The average molecular weight is 187 g/mol. The zero-order valence-corrected chi connectivity index (χ0v) is 8.20. The monoisotopic (exact) mass is 187 g/mol. The summed E-state index contributed by atoms with van der Waals surface area (Å²) < 4.78 is 2.22. The second-order valence-electron chi connectivity index (χ2n) is 4.28. The Kier molecular flexibility index (Phi) is 1.38. The van der Waals surface area contributed by atoms with E-state index in [0.717, 1.165) is 18.5 Å². The Labute approximate surface area is 82.8 Å². The molecule has 2 heteroatoms. The molecule has 0 spiro atoms. The highest BCUT2D eigenvalue weighted by molar-refractivity contribution is 5.84. The van der Waals surface area contributed by atoms with Crippen molar-refractivity contribution in [2.45, 2.75) is 25.5 Å². The van der Waals surface area contributed by atoms with Crippen LogP contribution in [0.5, 0.6) is 0 Å². The Bertz CT molecular complexity index is 496. The predicted molar refractivity (Wildman–Crippen MR) is 56.1 cm³/mol. The lowest BCUT2D eigenvalue weighted by Gasteiger charge is -2.30. The van der Waals surface area contributed by atoms with Gasteiger partial charge in [0.2, 0.25) is 0 Å². The molecular weight excluding hydrogens is 174 g/mol. The summed E-state index contributed by atoms with van der Waals surface area (Å²) in [6.07, 6.45) is 2.90. The fourth-order valence-corrected chi connectivity index (χ4v) is 2.35. The molecule has 2 nitrogen and oxygen atoms in total. The number of aryl methyl sites for hydroxylation is 1. The molecule has 0 fully saturated rings. The number of para-hydroxylation sites is 1. The Hall–Kier alpha value is -1.28. The molecular formula is C12H13NO. The summed E-state index contributed by atoms with van der Waals surface area (Å²) in [4.78, 5) is 0. The van der Waals surface area contributed by atoms with Gasteiger partial charge in [0, 0.05) is 18.3 Å². The first-order chi connectivity index (χ1) is 6.68. The van der Waals surface area contributed by atoms with Crippen molar-refractivity contribution >= 4 is 10.9 Å². The number of hydrogen-bond acceptors (Lipinski definition) is 1. The van der Waals surface area contributed by atoms with Crippen LogP contribution in [0.4, 0.5) is 0 Å². The van der Waals surface area contributed by atoms with Crippen LogP contribution in [-0.4, -0.2) is 9.67 Å². The van der Waals surface area contributed by atoms with Gasteiger partial charge in [0.1, 0.15) is 0 Å². The van der Waals surface area contributed by atoms with Crippen molar-refractivity contribution in [1.82, 2.24) is 4.57 Å². The fourth-order valence-electron chi connectivity index (χ4n) is 2.35. The smallest absolute Gasteiger partial charge is 0.0905 e. The van der Waals surface area contributed by atoms with Crippen LogP contribution in [0.3, 0.4) is 0 Å². The Morgan fingerprint density at radius 2 is 2.21 bits per heavy atom. The summed E-state index contributed by atoms with van der Waals surface area (Å²) in [5, 5.41) is 11.5. The summed E-state index contributed by atoms with van der Waals surface area (Å²) >= 11 is 0. The molecule has 1 aliphatic heterocycles. The van der Waals surface area contributed by atoms with Crippen molar-refractivity contribution in [3.05, 3.63) is 36.0 Å². The topological polar surface area (TPSA) is 25.2 Å². The van der Waals surface area contributed by atoms with E-state index >= 15 is 0 Å². The molecule has 3 rings (SSSR count). The van der Waals surface area contributed by atoms with Crippen molar-refractivity contribution in [3.8, 4) is 0 Å². The van der Waals surface area contributed by atoms with Gasteiger partial charge in [-0.15, -0.1) is 0 Å². The highest BCUT2D eigenvalue weighted by Crippen LogP contribution is 2.36. The van der Waals surface area contributed by atoms with Crippen LogP contribution in [0.15, 0.2) is 30.5 Å². The van der Waals surface area contributed by atoms with Crippen LogP contribution in [0, 0.1) is 0 Å². The summed E-state index contributed by atoms with van der Waals surface area (Å²) in [6, 6.07) is 8.25. The summed E-state index contributed by atoms with van der Waals surface area (Å²) in [5.41, 5.74) is 1.60. The van der Waals surface area contributed by atoms with Crippen molar-refractivity contribution in [1.29, 1.82) is 0 Å². The molecule has 0 aliphatic carbocycles. The average Bonchev–Trinajstić information content (AvgIpc) is 2.57. The van der Waals surface area contributed by atoms with Gasteiger partial charge >= 0.3 is 0 Å². The van der Waals surface area contributed by atoms with Crippen molar-refractivity contribution in [3.63, 3.8) is 0 Å². The van der Waals surface area contributed by atoms with Gasteiger partial charge in [0.25, 0.3) is 0 Å². The zero-order valence-electron chi connectivity index (χ0n) is 8.20. The van der Waals surface area contributed by atoms with Crippen LogP contribution < -0.4 is 0 Å². The largest absolute Gasteiger partial charge is 0.385 e. The third kappa shape index (κ3) is 0.891. The summed E-state index contributed by atoms with van der Waals surface area (Å²) in [7, 11) is 0. The lowest BCUT2D eigenvalue weighted by Crippen LogP contribution is -2.27. The molecule has 0 radical (unpaired) electrons. The van der Waals surface area contributed by atoms with E-state index in [0.29, 0.717) is 0 Å². The molecule has 1 N–H and O–H groups in total. The maximum Gasteiger partial charge on any atom is 0.0905 e. The van der Waals surface area contributed by atoms with Crippen molar-refractivity contribution in [2.24, 2.45) is 0 Å². The van der Waals surface area contributed by atoms with E-state index < -0.39 is 5.60 Å². The molecule has 2 aromatic rings.